The predicted molar refractivity (Wildman–Crippen MR) is 61.8 cm³/mol. The van der Waals surface area contributed by atoms with E-state index in [1.165, 1.54) is 12.8 Å². The molecule has 0 aliphatic heterocycles. The molecule has 1 amide bonds. The smallest absolute Gasteiger partial charge is 0.227 e. The third-order valence-electron chi connectivity index (χ3n) is 3.05. The van der Waals surface area contributed by atoms with Crippen LogP contribution in [-0.2, 0) is 9.53 Å². The van der Waals surface area contributed by atoms with Crippen LogP contribution < -0.4 is 11.1 Å². The maximum absolute atomic E-state index is 11.6. The van der Waals surface area contributed by atoms with Gasteiger partial charge < -0.3 is 15.8 Å². The fourth-order valence-electron chi connectivity index (χ4n) is 1.83. The van der Waals surface area contributed by atoms with Crippen molar-refractivity contribution in [1.82, 2.24) is 5.32 Å². The van der Waals surface area contributed by atoms with Crippen LogP contribution in [0, 0.1) is 11.8 Å². The Balaban J connectivity index is 1.51. The maximum atomic E-state index is 11.6. The Morgan fingerprint density at radius 3 is 2.88 bits per heavy atom. The fourth-order valence-corrected chi connectivity index (χ4v) is 1.83. The standard InChI is InChI=1S/C12H20N2O2/c13-11-4-3-10(7-11)12(15)14-5-6-16-8-9-1-2-9/h3-4,9-11H,1-2,5-8,13H2,(H,14,15). The van der Waals surface area contributed by atoms with Gasteiger partial charge in [0.05, 0.1) is 12.5 Å². The molecule has 0 aromatic heterocycles. The second kappa shape index (κ2) is 5.46. The quantitative estimate of drug-likeness (QED) is 0.508. The van der Waals surface area contributed by atoms with Crippen molar-refractivity contribution in [2.45, 2.75) is 25.3 Å². The number of nitrogens with one attached hydrogen (secondary N) is 1. The van der Waals surface area contributed by atoms with E-state index in [9.17, 15) is 4.79 Å². The van der Waals surface area contributed by atoms with Crippen LogP contribution in [0.4, 0.5) is 0 Å². The van der Waals surface area contributed by atoms with Crippen molar-refractivity contribution in [2.24, 2.45) is 17.6 Å². The zero-order valence-corrected chi connectivity index (χ0v) is 9.52. The number of amides is 1. The summed E-state index contributed by atoms with van der Waals surface area (Å²) in [6, 6.07) is 0.0434. The van der Waals surface area contributed by atoms with E-state index < -0.39 is 0 Å². The highest BCUT2D eigenvalue weighted by atomic mass is 16.5. The van der Waals surface area contributed by atoms with Crippen LogP contribution in [-0.4, -0.2) is 31.7 Å². The molecule has 2 atom stereocenters. The predicted octanol–water partition coefficient (Wildman–Crippen LogP) is 0.433. The lowest BCUT2D eigenvalue weighted by molar-refractivity contribution is -0.123. The Kier molecular flexibility index (Phi) is 3.96. The van der Waals surface area contributed by atoms with E-state index in [2.05, 4.69) is 5.32 Å². The molecule has 0 saturated heterocycles. The first-order valence-electron chi connectivity index (χ1n) is 6.05. The van der Waals surface area contributed by atoms with Gasteiger partial charge in [-0.2, -0.15) is 0 Å². The van der Waals surface area contributed by atoms with Crippen LogP contribution in [0.1, 0.15) is 19.3 Å². The second-order valence-electron chi connectivity index (χ2n) is 4.70. The number of hydrogen-bond acceptors (Lipinski definition) is 3. The molecule has 0 aromatic rings. The SMILES string of the molecule is NC1C=CC(C(=O)NCCOCC2CC2)C1. The number of carbonyl (C=O) groups excluding carboxylic acids is 1. The summed E-state index contributed by atoms with van der Waals surface area (Å²) in [5.74, 6) is 0.809. The fraction of sp³-hybridized carbons (Fsp3) is 0.750. The van der Waals surface area contributed by atoms with Crippen LogP contribution in [0.25, 0.3) is 0 Å². The molecule has 2 unspecified atom stereocenters. The first-order valence-corrected chi connectivity index (χ1v) is 6.05. The summed E-state index contributed by atoms with van der Waals surface area (Å²) in [6.45, 7) is 2.07. The van der Waals surface area contributed by atoms with Gasteiger partial charge in [0, 0.05) is 19.2 Å². The monoisotopic (exact) mass is 224 g/mol. The normalized spacial score (nSPS) is 28.3. The highest BCUT2D eigenvalue weighted by Gasteiger charge is 2.22. The Bertz CT molecular complexity index is 274. The van der Waals surface area contributed by atoms with Gasteiger partial charge in [0.15, 0.2) is 0 Å². The van der Waals surface area contributed by atoms with Crippen LogP contribution in [0.3, 0.4) is 0 Å². The van der Waals surface area contributed by atoms with Crippen LogP contribution in [0.5, 0.6) is 0 Å². The molecule has 1 fully saturated rings. The molecule has 4 heteroatoms. The Hall–Kier alpha value is -0.870. The Labute approximate surface area is 96.2 Å². The molecule has 0 heterocycles. The zero-order chi connectivity index (χ0) is 11.4. The molecule has 4 nitrogen and oxygen atoms in total. The van der Waals surface area contributed by atoms with Crippen molar-refractivity contribution >= 4 is 5.91 Å². The topological polar surface area (TPSA) is 64.4 Å². The first-order chi connectivity index (χ1) is 7.75. The molecular weight excluding hydrogens is 204 g/mol. The summed E-state index contributed by atoms with van der Waals surface area (Å²) >= 11 is 0. The van der Waals surface area contributed by atoms with Gasteiger partial charge in [0.2, 0.25) is 5.91 Å². The molecule has 2 aliphatic carbocycles. The molecular formula is C12H20N2O2. The molecule has 0 spiro atoms. The van der Waals surface area contributed by atoms with E-state index in [1.807, 2.05) is 12.2 Å². The summed E-state index contributed by atoms with van der Waals surface area (Å²) in [7, 11) is 0. The van der Waals surface area contributed by atoms with Crippen molar-refractivity contribution in [1.29, 1.82) is 0 Å². The zero-order valence-electron chi connectivity index (χ0n) is 9.52. The van der Waals surface area contributed by atoms with Crippen molar-refractivity contribution < 1.29 is 9.53 Å². The third kappa shape index (κ3) is 3.61. The van der Waals surface area contributed by atoms with Crippen molar-refractivity contribution in [3.05, 3.63) is 12.2 Å². The summed E-state index contributed by atoms with van der Waals surface area (Å²) in [5.41, 5.74) is 5.69. The van der Waals surface area contributed by atoms with E-state index in [1.54, 1.807) is 0 Å². The molecule has 2 aliphatic rings. The average Bonchev–Trinajstić information content (AvgIpc) is 2.99. The van der Waals surface area contributed by atoms with Crippen molar-refractivity contribution in [3.63, 3.8) is 0 Å². The number of rotatable bonds is 6. The summed E-state index contributed by atoms with van der Waals surface area (Å²) in [6.07, 6.45) is 7.13. The van der Waals surface area contributed by atoms with Gasteiger partial charge in [-0.1, -0.05) is 12.2 Å². The Morgan fingerprint density at radius 2 is 2.25 bits per heavy atom. The van der Waals surface area contributed by atoms with Gasteiger partial charge in [-0.15, -0.1) is 0 Å². The Morgan fingerprint density at radius 1 is 1.44 bits per heavy atom. The van der Waals surface area contributed by atoms with Crippen LogP contribution in [0.15, 0.2) is 12.2 Å². The van der Waals surface area contributed by atoms with E-state index in [0.717, 1.165) is 18.9 Å². The molecule has 0 bridgehead atoms. The van der Waals surface area contributed by atoms with E-state index in [0.29, 0.717) is 13.2 Å². The van der Waals surface area contributed by atoms with E-state index >= 15 is 0 Å². The van der Waals surface area contributed by atoms with Gasteiger partial charge in [-0.3, -0.25) is 4.79 Å². The minimum absolute atomic E-state index is 0.0431. The maximum Gasteiger partial charge on any atom is 0.227 e. The summed E-state index contributed by atoms with van der Waals surface area (Å²) in [5, 5.41) is 2.87. The lowest BCUT2D eigenvalue weighted by Crippen LogP contribution is -2.33. The van der Waals surface area contributed by atoms with Crippen LogP contribution in [0.2, 0.25) is 0 Å². The third-order valence-corrected chi connectivity index (χ3v) is 3.05. The van der Waals surface area contributed by atoms with Crippen molar-refractivity contribution in [2.75, 3.05) is 19.8 Å². The van der Waals surface area contributed by atoms with Gasteiger partial charge >= 0.3 is 0 Å². The van der Waals surface area contributed by atoms with Crippen molar-refractivity contribution in [3.8, 4) is 0 Å². The molecule has 1 saturated carbocycles. The highest BCUT2D eigenvalue weighted by molar-refractivity contribution is 5.81. The largest absolute Gasteiger partial charge is 0.379 e. The average molecular weight is 224 g/mol. The molecule has 2 rings (SSSR count). The number of ether oxygens (including phenoxy) is 1. The highest BCUT2D eigenvalue weighted by Crippen LogP contribution is 2.28. The number of carbonyl (C=O) groups is 1. The lowest BCUT2D eigenvalue weighted by Gasteiger charge is -2.10. The molecule has 0 radical (unpaired) electrons. The van der Waals surface area contributed by atoms with E-state index in [4.69, 9.17) is 10.5 Å². The van der Waals surface area contributed by atoms with E-state index in [-0.39, 0.29) is 17.9 Å². The number of hydrogen-bond donors (Lipinski definition) is 2. The minimum atomic E-state index is -0.0431. The van der Waals surface area contributed by atoms with Gasteiger partial charge in [0.25, 0.3) is 0 Å². The molecule has 90 valence electrons. The number of nitrogens with two attached hydrogens (primary N) is 1. The minimum Gasteiger partial charge on any atom is -0.379 e. The first kappa shape index (κ1) is 11.6. The second-order valence-corrected chi connectivity index (χ2v) is 4.70. The van der Waals surface area contributed by atoms with Gasteiger partial charge in [0.1, 0.15) is 0 Å². The molecule has 3 N–H and O–H groups in total. The van der Waals surface area contributed by atoms with Gasteiger partial charge in [-0.05, 0) is 25.2 Å². The molecule has 16 heavy (non-hydrogen) atoms. The van der Waals surface area contributed by atoms with Crippen LogP contribution >= 0.6 is 0 Å². The summed E-state index contributed by atoms with van der Waals surface area (Å²) < 4.78 is 5.43. The van der Waals surface area contributed by atoms with Gasteiger partial charge in [-0.25, -0.2) is 0 Å². The lowest BCUT2D eigenvalue weighted by atomic mass is 10.1. The summed E-state index contributed by atoms with van der Waals surface area (Å²) in [4.78, 5) is 11.6. The molecule has 0 aromatic carbocycles.